The predicted octanol–water partition coefficient (Wildman–Crippen LogP) is 4.73. The van der Waals surface area contributed by atoms with Gasteiger partial charge in [0.15, 0.2) is 0 Å². The molecule has 1 saturated heterocycles. The molecule has 1 atom stereocenters. The van der Waals surface area contributed by atoms with Crippen LogP contribution in [0.15, 0.2) is 60.7 Å². The molecule has 3 aromatic rings. The molecule has 2 heterocycles. The first-order chi connectivity index (χ1) is 14.7. The number of carbonyl (C=O) groups excluding carboxylic acids is 1. The molecule has 1 N–H and O–H groups in total. The highest BCUT2D eigenvalue weighted by Gasteiger charge is 2.21. The van der Waals surface area contributed by atoms with Crippen LogP contribution in [0, 0.1) is 0 Å². The largest absolute Gasteiger partial charge is 0.374 e. The summed E-state index contributed by atoms with van der Waals surface area (Å²) in [4.78, 5) is 20.0. The van der Waals surface area contributed by atoms with Crippen molar-refractivity contribution in [3.05, 3.63) is 71.8 Å². The zero-order valence-electron chi connectivity index (χ0n) is 17.5. The summed E-state index contributed by atoms with van der Waals surface area (Å²) < 4.78 is 5.91. The van der Waals surface area contributed by atoms with Gasteiger partial charge in [0.05, 0.1) is 17.2 Å². The minimum atomic E-state index is -0.0636. The Morgan fingerprint density at radius 1 is 1.10 bits per heavy atom. The number of ether oxygens (including phenoxy) is 1. The lowest BCUT2D eigenvalue weighted by atomic mass is 10.1. The molecule has 0 spiro atoms. The molecule has 1 unspecified atom stereocenters. The molecule has 1 aliphatic heterocycles. The van der Waals surface area contributed by atoms with E-state index in [2.05, 4.69) is 29.3 Å². The van der Waals surface area contributed by atoms with E-state index in [0.717, 1.165) is 49.1 Å². The van der Waals surface area contributed by atoms with Gasteiger partial charge in [-0.1, -0.05) is 48.5 Å². The van der Waals surface area contributed by atoms with Crippen LogP contribution in [0.4, 0.5) is 5.82 Å². The van der Waals surface area contributed by atoms with Crippen LogP contribution in [-0.4, -0.2) is 37.1 Å². The smallest absolute Gasteiger partial charge is 0.255 e. The summed E-state index contributed by atoms with van der Waals surface area (Å²) in [5.74, 6) is 0.740. The summed E-state index contributed by atoms with van der Waals surface area (Å²) in [5.41, 5.74) is 2.76. The number of aromatic nitrogens is 1. The van der Waals surface area contributed by atoms with Crippen LogP contribution in [0.2, 0.25) is 0 Å². The lowest BCUT2D eigenvalue weighted by molar-refractivity contribution is 0.0635. The Kier molecular flexibility index (Phi) is 6.60. The third-order valence-corrected chi connectivity index (χ3v) is 5.60. The number of nitrogens with zero attached hydrogens (tertiary/aromatic N) is 2. The molecule has 0 radical (unpaired) electrons. The Balaban J connectivity index is 1.36. The van der Waals surface area contributed by atoms with Gasteiger partial charge in [0.1, 0.15) is 5.82 Å². The molecule has 156 valence electrons. The summed E-state index contributed by atoms with van der Waals surface area (Å²) >= 11 is 0. The van der Waals surface area contributed by atoms with E-state index in [0.29, 0.717) is 18.7 Å². The molecule has 4 rings (SSSR count). The summed E-state index contributed by atoms with van der Waals surface area (Å²) in [6.45, 7) is 5.14. The quantitative estimate of drug-likeness (QED) is 0.552. The molecule has 0 aliphatic carbocycles. The molecular formula is C25H29N3O2. The van der Waals surface area contributed by atoms with Gasteiger partial charge in [0, 0.05) is 31.6 Å². The SMILES string of the molecule is CC(OCCCNC(=O)c1cc2ccccc2nc1N1CCCC1)c1ccccc1. The second-order valence-corrected chi connectivity index (χ2v) is 7.78. The highest BCUT2D eigenvalue weighted by atomic mass is 16.5. The third-order valence-electron chi connectivity index (χ3n) is 5.60. The van der Waals surface area contributed by atoms with Crippen molar-refractivity contribution in [3.8, 4) is 0 Å². The number of hydrogen-bond donors (Lipinski definition) is 1. The maximum atomic E-state index is 13.0. The number of pyridine rings is 1. The van der Waals surface area contributed by atoms with Gasteiger partial charge in [0.25, 0.3) is 5.91 Å². The monoisotopic (exact) mass is 403 g/mol. The van der Waals surface area contributed by atoms with Gasteiger partial charge >= 0.3 is 0 Å². The number of fused-ring (bicyclic) bond motifs is 1. The van der Waals surface area contributed by atoms with Gasteiger partial charge in [-0.25, -0.2) is 4.98 Å². The molecule has 30 heavy (non-hydrogen) atoms. The van der Waals surface area contributed by atoms with Crippen molar-refractivity contribution in [1.82, 2.24) is 10.3 Å². The zero-order valence-corrected chi connectivity index (χ0v) is 17.5. The Hall–Kier alpha value is -2.92. The lowest BCUT2D eigenvalue weighted by Crippen LogP contribution is -2.29. The fraction of sp³-hybridized carbons (Fsp3) is 0.360. The average molecular weight is 404 g/mol. The first-order valence-electron chi connectivity index (χ1n) is 10.8. The molecule has 1 aromatic heterocycles. The number of rotatable bonds is 8. The normalized spacial score (nSPS) is 14.8. The van der Waals surface area contributed by atoms with Crippen molar-refractivity contribution < 1.29 is 9.53 Å². The maximum Gasteiger partial charge on any atom is 0.255 e. The number of carbonyl (C=O) groups is 1. The van der Waals surface area contributed by atoms with Crippen LogP contribution in [0.3, 0.4) is 0 Å². The number of nitrogens with one attached hydrogen (secondary N) is 1. The number of amides is 1. The topological polar surface area (TPSA) is 54.5 Å². The van der Waals surface area contributed by atoms with Crippen molar-refractivity contribution in [2.75, 3.05) is 31.1 Å². The highest BCUT2D eigenvalue weighted by Crippen LogP contribution is 2.26. The Bertz CT molecular complexity index is 984. The van der Waals surface area contributed by atoms with E-state index in [1.54, 1.807) is 0 Å². The first kappa shape index (κ1) is 20.4. The summed E-state index contributed by atoms with van der Waals surface area (Å²) in [5, 5.41) is 4.05. The molecule has 0 bridgehead atoms. The van der Waals surface area contributed by atoms with Gasteiger partial charge in [-0.3, -0.25) is 4.79 Å². The fourth-order valence-corrected chi connectivity index (χ4v) is 3.89. The summed E-state index contributed by atoms with van der Waals surface area (Å²) in [7, 11) is 0. The van der Waals surface area contributed by atoms with Gasteiger partial charge in [-0.2, -0.15) is 0 Å². The van der Waals surface area contributed by atoms with Gasteiger partial charge in [0.2, 0.25) is 0 Å². The molecule has 1 aliphatic rings. The minimum Gasteiger partial charge on any atom is -0.374 e. The molecule has 0 saturated carbocycles. The summed E-state index contributed by atoms with van der Waals surface area (Å²) in [6.07, 6.45) is 3.11. The second kappa shape index (κ2) is 9.72. The Morgan fingerprint density at radius 2 is 1.83 bits per heavy atom. The van der Waals surface area contributed by atoms with Crippen molar-refractivity contribution >= 4 is 22.6 Å². The van der Waals surface area contributed by atoms with Crippen LogP contribution >= 0.6 is 0 Å². The molecule has 2 aromatic carbocycles. The maximum absolute atomic E-state index is 13.0. The van der Waals surface area contributed by atoms with Crippen molar-refractivity contribution in [2.45, 2.75) is 32.3 Å². The molecule has 5 heteroatoms. The van der Waals surface area contributed by atoms with E-state index in [1.165, 1.54) is 5.56 Å². The van der Waals surface area contributed by atoms with E-state index in [-0.39, 0.29) is 12.0 Å². The first-order valence-corrected chi connectivity index (χ1v) is 10.8. The van der Waals surface area contributed by atoms with E-state index < -0.39 is 0 Å². The highest BCUT2D eigenvalue weighted by molar-refractivity contribution is 6.02. The zero-order chi connectivity index (χ0) is 20.8. The standard InChI is InChI=1S/C25H29N3O2/c1-19(20-10-3-2-4-11-20)30-17-9-14-26-25(29)22-18-21-12-5-6-13-23(21)27-24(22)28-15-7-8-16-28/h2-6,10-13,18-19H,7-9,14-17H2,1H3,(H,26,29). The van der Waals surface area contributed by atoms with Gasteiger partial charge in [-0.05, 0) is 43.9 Å². The molecule has 1 amide bonds. The van der Waals surface area contributed by atoms with Crippen LogP contribution in [0.5, 0.6) is 0 Å². The lowest BCUT2D eigenvalue weighted by Gasteiger charge is -2.20. The molecule has 1 fully saturated rings. The van der Waals surface area contributed by atoms with E-state index in [4.69, 9.17) is 9.72 Å². The number of para-hydroxylation sites is 1. The van der Waals surface area contributed by atoms with Crippen molar-refractivity contribution in [1.29, 1.82) is 0 Å². The number of hydrogen-bond acceptors (Lipinski definition) is 4. The summed E-state index contributed by atoms with van der Waals surface area (Å²) in [6, 6.07) is 20.1. The van der Waals surface area contributed by atoms with Crippen LogP contribution in [-0.2, 0) is 4.74 Å². The van der Waals surface area contributed by atoms with Crippen molar-refractivity contribution in [2.24, 2.45) is 0 Å². The molecular weight excluding hydrogens is 374 g/mol. The fourth-order valence-electron chi connectivity index (χ4n) is 3.89. The Labute approximate surface area is 178 Å². The van der Waals surface area contributed by atoms with Gasteiger partial charge < -0.3 is 15.0 Å². The average Bonchev–Trinajstić information content (AvgIpc) is 3.33. The van der Waals surface area contributed by atoms with Crippen LogP contribution < -0.4 is 10.2 Å². The van der Waals surface area contributed by atoms with Crippen molar-refractivity contribution in [3.63, 3.8) is 0 Å². The number of benzene rings is 2. The van der Waals surface area contributed by atoms with E-state index in [9.17, 15) is 4.79 Å². The Morgan fingerprint density at radius 3 is 2.63 bits per heavy atom. The van der Waals surface area contributed by atoms with Crippen LogP contribution in [0.25, 0.3) is 10.9 Å². The second-order valence-electron chi connectivity index (χ2n) is 7.78. The van der Waals surface area contributed by atoms with Gasteiger partial charge in [-0.15, -0.1) is 0 Å². The third kappa shape index (κ3) is 4.79. The van der Waals surface area contributed by atoms with E-state index in [1.807, 2.05) is 48.5 Å². The van der Waals surface area contributed by atoms with Crippen LogP contribution in [0.1, 0.15) is 48.2 Å². The molecule has 5 nitrogen and oxygen atoms in total. The number of anilines is 1. The minimum absolute atomic E-state index is 0.0494. The predicted molar refractivity (Wildman–Crippen MR) is 121 cm³/mol. The van der Waals surface area contributed by atoms with E-state index >= 15 is 0 Å².